The van der Waals surface area contributed by atoms with Gasteiger partial charge in [-0.15, -0.1) is 0 Å². The maximum Gasteiger partial charge on any atom is 0.330 e. The van der Waals surface area contributed by atoms with Gasteiger partial charge in [0.2, 0.25) is 0 Å². The van der Waals surface area contributed by atoms with Crippen molar-refractivity contribution in [1.29, 1.82) is 5.26 Å². The Labute approximate surface area is 193 Å². The van der Waals surface area contributed by atoms with Gasteiger partial charge in [0.15, 0.2) is 0 Å². The van der Waals surface area contributed by atoms with Crippen molar-refractivity contribution >= 4 is 17.6 Å². The van der Waals surface area contributed by atoms with Crippen molar-refractivity contribution in [2.75, 3.05) is 18.5 Å². The zero-order chi connectivity index (χ0) is 23.5. The third-order valence-corrected chi connectivity index (χ3v) is 4.82. The molecule has 3 aromatic rings. The molecule has 0 aliphatic rings. The van der Waals surface area contributed by atoms with Gasteiger partial charge in [0, 0.05) is 17.3 Å². The number of esters is 1. The highest BCUT2D eigenvalue weighted by molar-refractivity contribution is 6.04. The Bertz CT molecular complexity index is 1130. The molecule has 0 unspecified atom stereocenters. The summed E-state index contributed by atoms with van der Waals surface area (Å²) in [5.41, 5.74) is 3.83. The summed E-state index contributed by atoms with van der Waals surface area (Å²) in [5, 5.41) is 11.8. The molecular weight excluding hydrogens is 416 g/mol. The smallest absolute Gasteiger partial charge is 0.330 e. The Morgan fingerprint density at radius 2 is 1.48 bits per heavy atom. The van der Waals surface area contributed by atoms with Gasteiger partial charge >= 0.3 is 5.97 Å². The highest BCUT2D eigenvalue weighted by atomic mass is 16.5. The van der Waals surface area contributed by atoms with Crippen LogP contribution < -0.4 is 10.1 Å². The lowest BCUT2D eigenvalue weighted by Crippen LogP contribution is -2.11. The van der Waals surface area contributed by atoms with E-state index in [9.17, 15) is 9.59 Å². The molecule has 0 saturated heterocycles. The van der Waals surface area contributed by atoms with E-state index in [1.165, 1.54) is 0 Å². The maximum absolute atomic E-state index is 12.5. The van der Waals surface area contributed by atoms with Crippen molar-refractivity contribution in [3.05, 3.63) is 96.6 Å². The number of nitrogens with zero attached hydrogens (tertiary/aromatic N) is 1. The second kappa shape index (κ2) is 11.9. The summed E-state index contributed by atoms with van der Waals surface area (Å²) in [6, 6.07) is 23.9. The molecule has 0 heterocycles. The summed E-state index contributed by atoms with van der Waals surface area (Å²) in [6.45, 7) is 4.17. The van der Waals surface area contributed by atoms with Crippen molar-refractivity contribution in [1.82, 2.24) is 0 Å². The number of carbonyl (C=O) groups excluding carboxylic acids is 2. The molecule has 166 valence electrons. The molecule has 1 N–H and O–H groups in total. The van der Waals surface area contributed by atoms with Crippen molar-refractivity contribution in [2.45, 2.75) is 12.8 Å². The van der Waals surface area contributed by atoms with Crippen LogP contribution in [0.3, 0.4) is 0 Å². The van der Waals surface area contributed by atoms with E-state index in [1.54, 1.807) is 36.4 Å². The third-order valence-electron chi connectivity index (χ3n) is 4.82. The van der Waals surface area contributed by atoms with Crippen LogP contribution in [0, 0.1) is 11.3 Å². The molecule has 0 fully saturated rings. The van der Waals surface area contributed by atoms with E-state index in [-0.39, 0.29) is 5.91 Å². The van der Waals surface area contributed by atoms with Crippen LogP contribution in [0.25, 0.3) is 11.1 Å². The average Bonchev–Trinajstić information content (AvgIpc) is 2.86. The summed E-state index contributed by atoms with van der Waals surface area (Å²) >= 11 is 0. The molecule has 6 heteroatoms. The van der Waals surface area contributed by atoms with Crippen LogP contribution in [0.5, 0.6) is 5.75 Å². The van der Waals surface area contributed by atoms with Crippen molar-refractivity contribution in [2.24, 2.45) is 0 Å². The Kier molecular flexibility index (Phi) is 8.38. The monoisotopic (exact) mass is 440 g/mol. The van der Waals surface area contributed by atoms with E-state index < -0.39 is 5.97 Å². The topological polar surface area (TPSA) is 88.4 Å². The fraction of sp³-hybridized carbons (Fsp3) is 0.148. The van der Waals surface area contributed by atoms with Gasteiger partial charge in [0.05, 0.1) is 24.8 Å². The van der Waals surface area contributed by atoms with E-state index in [4.69, 9.17) is 14.7 Å². The first-order valence-electron chi connectivity index (χ1n) is 10.5. The number of ether oxygens (including phenoxy) is 2. The summed E-state index contributed by atoms with van der Waals surface area (Å²) in [6.07, 6.45) is 2.58. The molecule has 0 bridgehead atoms. The molecule has 0 atom stereocenters. The summed E-state index contributed by atoms with van der Waals surface area (Å²) < 4.78 is 10.6. The van der Waals surface area contributed by atoms with Crippen molar-refractivity contribution in [3.63, 3.8) is 0 Å². The van der Waals surface area contributed by atoms with Gasteiger partial charge in [-0.3, -0.25) is 4.79 Å². The molecule has 0 spiro atoms. The van der Waals surface area contributed by atoms with E-state index in [0.29, 0.717) is 42.2 Å². The number of carbonyl (C=O) groups is 2. The number of nitrogens with one attached hydrogen (secondary N) is 1. The Balaban J connectivity index is 1.46. The minimum absolute atomic E-state index is 0.211. The number of hydrogen-bond acceptors (Lipinski definition) is 5. The van der Waals surface area contributed by atoms with Crippen LogP contribution in [-0.2, 0) is 9.53 Å². The third kappa shape index (κ3) is 7.08. The minimum Gasteiger partial charge on any atom is -0.494 e. The number of rotatable bonds is 10. The molecule has 0 aliphatic heterocycles. The van der Waals surface area contributed by atoms with Crippen molar-refractivity contribution < 1.29 is 19.1 Å². The molecule has 3 rings (SSSR count). The summed E-state index contributed by atoms with van der Waals surface area (Å²) in [4.78, 5) is 23.5. The van der Waals surface area contributed by atoms with E-state index in [1.807, 2.05) is 36.4 Å². The molecule has 0 aliphatic carbocycles. The standard InChI is InChI=1S/C27H24N2O4/c1-2-26(30)33-18-4-3-17-32-25-15-11-23(12-16-25)27(31)29-24-13-9-22(10-14-24)21-7-5-20(19-28)6-8-21/h2,5-16H,1,3-4,17-18H2,(H,29,31). The van der Waals surface area contributed by atoms with Crippen LogP contribution in [0.2, 0.25) is 0 Å². The average molecular weight is 440 g/mol. The first-order chi connectivity index (χ1) is 16.1. The van der Waals surface area contributed by atoms with E-state index in [0.717, 1.165) is 23.6 Å². The zero-order valence-corrected chi connectivity index (χ0v) is 18.1. The maximum atomic E-state index is 12.5. The van der Waals surface area contributed by atoms with Gasteiger partial charge in [0.25, 0.3) is 5.91 Å². The lowest BCUT2D eigenvalue weighted by atomic mass is 10.0. The first-order valence-corrected chi connectivity index (χ1v) is 10.5. The fourth-order valence-corrected chi connectivity index (χ4v) is 3.01. The Morgan fingerprint density at radius 1 is 0.879 bits per heavy atom. The van der Waals surface area contributed by atoms with Gasteiger partial charge in [-0.05, 0) is 72.5 Å². The van der Waals surface area contributed by atoms with Gasteiger partial charge in [-0.25, -0.2) is 4.79 Å². The minimum atomic E-state index is -0.424. The molecule has 0 radical (unpaired) electrons. The second-order valence-electron chi connectivity index (χ2n) is 7.17. The zero-order valence-electron chi connectivity index (χ0n) is 18.1. The lowest BCUT2D eigenvalue weighted by molar-refractivity contribution is -0.137. The van der Waals surface area contributed by atoms with Crippen LogP contribution in [0.1, 0.15) is 28.8 Å². The van der Waals surface area contributed by atoms with Crippen molar-refractivity contribution in [3.8, 4) is 22.9 Å². The second-order valence-corrected chi connectivity index (χ2v) is 7.17. The number of hydrogen-bond donors (Lipinski definition) is 1. The van der Waals surface area contributed by atoms with E-state index >= 15 is 0 Å². The molecular formula is C27H24N2O4. The number of unbranched alkanes of at least 4 members (excludes halogenated alkanes) is 1. The van der Waals surface area contributed by atoms with Crippen LogP contribution in [-0.4, -0.2) is 25.1 Å². The Morgan fingerprint density at radius 3 is 2.09 bits per heavy atom. The van der Waals surface area contributed by atoms with Gasteiger partial charge in [-0.2, -0.15) is 5.26 Å². The number of nitriles is 1. The molecule has 6 nitrogen and oxygen atoms in total. The number of anilines is 1. The van der Waals surface area contributed by atoms with Gasteiger partial charge in [0.1, 0.15) is 5.75 Å². The number of amides is 1. The predicted molar refractivity (Wildman–Crippen MR) is 127 cm³/mol. The number of benzene rings is 3. The normalized spacial score (nSPS) is 10.0. The lowest BCUT2D eigenvalue weighted by Gasteiger charge is -2.09. The van der Waals surface area contributed by atoms with Crippen LogP contribution >= 0.6 is 0 Å². The molecule has 0 saturated carbocycles. The van der Waals surface area contributed by atoms with Gasteiger partial charge < -0.3 is 14.8 Å². The first kappa shape index (κ1) is 23.3. The Hall–Kier alpha value is -4.37. The van der Waals surface area contributed by atoms with E-state index in [2.05, 4.69) is 18.0 Å². The highest BCUT2D eigenvalue weighted by Crippen LogP contribution is 2.22. The van der Waals surface area contributed by atoms with Gasteiger partial charge in [-0.1, -0.05) is 30.8 Å². The largest absolute Gasteiger partial charge is 0.494 e. The SMILES string of the molecule is C=CC(=O)OCCCCOc1ccc(C(=O)Nc2ccc(-c3ccc(C#N)cc3)cc2)cc1. The highest BCUT2D eigenvalue weighted by Gasteiger charge is 2.07. The quantitative estimate of drug-likeness (QED) is 0.260. The molecule has 0 aromatic heterocycles. The summed E-state index contributed by atoms with van der Waals surface area (Å²) in [5.74, 6) is 0.0325. The summed E-state index contributed by atoms with van der Waals surface area (Å²) in [7, 11) is 0. The molecule has 3 aromatic carbocycles. The predicted octanol–water partition coefficient (Wildman–Crippen LogP) is 5.37. The molecule has 1 amide bonds. The van der Waals surface area contributed by atoms with Crippen LogP contribution in [0.15, 0.2) is 85.5 Å². The van der Waals surface area contributed by atoms with Crippen LogP contribution in [0.4, 0.5) is 5.69 Å². The fourth-order valence-electron chi connectivity index (χ4n) is 3.01. The molecule has 33 heavy (non-hydrogen) atoms.